The van der Waals surface area contributed by atoms with E-state index in [0.717, 1.165) is 18.4 Å². The molecular formula is C33H52N4O7. The molecule has 7 atom stereocenters. The van der Waals surface area contributed by atoms with Gasteiger partial charge in [-0.1, -0.05) is 71.4 Å². The van der Waals surface area contributed by atoms with Crippen LogP contribution in [-0.4, -0.2) is 91.6 Å². The summed E-state index contributed by atoms with van der Waals surface area (Å²) >= 11 is 0. The number of nitrogens with zero attached hydrogens (tertiary/aromatic N) is 3. The van der Waals surface area contributed by atoms with E-state index >= 15 is 0 Å². The van der Waals surface area contributed by atoms with Crippen molar-refractivity contribution in [3.63, 3.8) is 0 Å². The molecule has 11 nitrogen and oxygen atoms in total. The maximum Gasteiger partial charge on any atom is 0.308 e. The predicted octanol–water partition coefficient (Wildman–Crippen LogP) is 3.97. The third-order valence-electron chi connectivity index (χ3n) is 8.87. The second-order valence-corrected chi connectivity index (χ2v) is 12.4. The number of ether oxygens (including phenoxy) is 2. The number of methoxy groups -OCH3 is 2. The predicted molar refractivity (Wildman–Crippen MR) is 168 cm³/mol. The van der Waals surface area contributed by atoms with Crippen LogP contribution < -0.4 is 5.32 Å². The average Bonchev–Trinajstić information content (AvgIpc) is 3.49. The Morgan fingerprint density at radius 3 is 2.25 bits per heavy atom. The molecule has 0 radical (unpaired) electrons. The third kappa shape index (κ3) is 9.92. The summed E-state index contributed by atoms with van der Waals surface area (Å²) in [7, 11) is 4.86. The molecule has 1 fully saturated rings. The van der Waals surface area contributed by atoms with Gasteiger partial charge in [0.1, 0.15) is 6.04 Å². The highest BCUT2D eigenvalue weighted by Gasteiger charge is 2.42. The van der Waals surface area contributed by atoms with Gasteiger partial charge in [0.05, 0.1) is 36.6 Å². The summed E-state index contributed by atoms with van der Waals surface area (Å²) in [6.07, 6.45) is 1.66. The number of carbonyl (C=O) groups excluding carboxylic acids is 4. The molecule has 4 amide bonds. The highest BCUT2D eigenvalue weighted by atomic mass is 16.5. The minimum atomic E-state index is -1.11. The van der Waals surface area contributed by atoms with E-state index in [1.807, 2.05) is 32.0 Å². The van der Waals surface area contributed by atoms with Crippen molar-refractivity contribution in [2.75, 3.05) is 27.8 Å². The second-order valence-electron chi connectivity index (χ2n) is 12.4. The molecule has 2 rings (SSSR count). The molecular weight excluding hydrogens is 564 g/mol. The van der Waals surface area contributed by atoms with Gasteiger partial charge in [-0.3, -0.25) is 19.2 Å². The summed E-state index contributed by atoms with van der Waals surface area (Å²) < 4.78 is 11.7. The lowest BCUT2D eigenvalue weighted by Gasteiger charge is -2.39. The Morgan fingerprint density at radius 1 is 1.05 bits per heavy atom. The highest BCUT2D eigenvalue weighted by molar-refractivity contribution is 5.89. The van der Waals surface area contributed by atoms with Gasteiger partial charge in [-0.2, -0.15) is 0 Å². The molecule has 0 unspecified atom stereocenters. The minimum Gasteiger partial charge on any atom is -0.379 e. The van der Waals surface area contributed by atoms with Crippen molar-refractivity contribution in [1.82, 2.24) is 15.1 Å². The smallest absolute Gasteiger partial charge is 0.308 e. The highest BCUT2D eigenvalue weighted by Crippen LogP contribution is 2.29. The molecule has 1 aliphatic heterocycles. The number of benzene rings is 1. The molecule has 1 aromatic carbocycles. The topological polar surface area (TPSA) is 135 Å². The summed E-state index contributed by atoms with van der Waals surface area (Å²) in [5.41, 5.74) is 0.776. The van der Waals surface area contributed by atoms with Crippen LogP contribution in [0.3, 0.4) is 0 Å². The van der Waals surface area contributed by atoms with E-state index < -0.39 is 36.0 Å². The number of rotatable bonds is 17. The first kappa shape index (κ1) is 37.0. The second kappa shape index (κ2) is 17.9. The molecule has 44 heavy (non-hydrogen) atoms. The van der Waals surface area contributed by atoms with Gasteiger partial charge in [0.15, 0.2) is 0 Å². The van der Waals surface area contributed by atoms with Crippen molar-refractivity contribution in [1.29, 1.82) is 0 Å². The zero-order chi connectivity index (χ0) is 33.0. The number of carbonyl (C=O) groups is 4. The van der Waals surface area contributed by atoms with Gasteiger partial charge in [0, 0.05) is 45.8 Å². The van der Waals surface area contributed by atoms with Gasteiger partial charge >= 0.3 is 5.91 Å². The number of hydrogen-bond donors (Lipinski definition) is 1. The van der Waals surface area contributed by atoms with Crippen molar-refractivity contribution < 1.29 is 28.7 Å². The van der Waals surface area contributed by atoms with Crippen LogP contribution in [0.5, 0.6) is 0 Å². The monoisotopic (exact) mass is 616 g/mol. The van der Waals surface area contributed by atoms with Crippen LogP contribution >= 0.6 is 0 Å². The first-order valence-electron chi connectivity index (χ1n) is 15.7. The van der Waals surface area contributed by atoms with E-state index in [0.29, 0.717) is 19.4 Å². The molecule has 1 heterocycles. The van der Waals surface area contributed by atoms with Crippen LogP contribution in [0.1, 0.15) is 72.3 Å². The summed E-state index contributed by atoms with van der Waals surface area (Å²) in [5, 5.41) is 5.24. The number of hydrogen-bond acceptors (Lipinski definition) is 7. The van der Waals surface area contributed by atoms with E-state index in [2.05, 4.69) is 24.3 Å². The van der Waals surface area contributed by atoms with E-state index in [4.69, 9.17) is 9.47 Å². The largest absolute Gasteiger partial charge is 0.379 e. The van der Waals surface area contributed by atoms with Gasteiger partial charge < -0.3 is 24.6 Å². The fourth-order valence-electron chi connectivity index (χ4n) is 6.24. The van der Waals surface area contributed by atoms with E-state index in [9.17, 15) is 24.1 Å². The van der Waals surface area contributed by atoms with E-state index in [-0.39, 0.29) is 48.6 Å². The van der Waals surface area contributed by atoms with Crippen LogP contribution in [0.2, 0.25) is 0 Å². The average molecular weight is 617 g/mol. The summed E-state index contributed by atoms with van der Waals surface area (Å²) in [6.45, 7) is 10.3. The van der Waals surface area contributed by atoms with Gasteiger partial charge in [0.25, 0.3) is 0 Å². The molecule has 1 N–H and O–H groups in total. The Balaban J connectivity index is 2.20. The zero-order valence-corrected chi connectivity index (χ0v) is 27.7. The first-order chi connectivity index (χ1) is 20.9. The summed E-state index contributed by atoms with van der Waals surface area (Å²) in [6, 6.07) is 7.29. The molecule has 1 aromatic rings. The number of amides is 4. The maximum atomic E-state index is 13.8. The molecule has 0 saturated carbocycles. The standard InChI is InChI=1S/C33H52N4O7/c1-9-22(4)30(36(6)28(38)18-21(2)3)27(43-7)20-29(39)37-17-13-16-26(37)31(44-8)23(5)32(40)34-25(33(41)35-42)19-24-14-11-10-12-15-24/h10-12,14-15,21-23,25-27,30-31H,9,13,16-20H2,1-8H3,(H,34,40)/t22-,23+,25-,26-,27+,30-,31+/m0/s1. The van der Waals surface area contributed by atoms with Crippen molar-refractivity contribution in [3.05, 3.63) is 40.8 Å². The van der Waals surface area contributed by atoms with Gasteiger partial charge in [0.2, 0.25) is 17.7 Å². The lowest BCUT2D eigenvalue weighted by atomic mass is 9.90. The summed E-state index contributed by atoms with van der Waals surface area (Å²) in [4.78, 5) is 67.1. The lowest BCUT2D eigenvalue weighted by molar-refractivity contribution is -0.146. The molecule has 0 aromatic heterocycles. The SMILES string of the molecule is CC[C@H](C)[C@@H]([C@@H](CC(=O)N1CCC[C@H]1[C@H](OC)[C@@H](C)C(=O)N[C@@H](Cc1ccccc1)C(=O)N=O)OC)N(C)C(=O)CC(C)C. The van der Waals surface area contributed by atoms with Gasteiger partial charge in [-0.25, -0.2) is 0 Å². The fraction of sp³-hybridized carbons (Fsp3) is 0.697. The fourth-order valence-corrected chi connectivity index (χ4v) is 6.24. The Bertz CT molecular complexity index is 1100. The molecule has 246 valence electrons. The van der Waals surface area contributed by atoms with Crippen LogP contribution in [0, 0.1) is 22.7 Å². The van der Waals surface area contributed by atoms with Crippen molar-refractivity contribution in [2.24, 2.45) is 22.9 Å². The van der Waals surface area contributed by atoms with E-state index in [1.165, 1.54) is 7.11 Å². The number of likely N-dealkylation sites (tertiary alicyclic amines) is 1. The van der Waals surface area contributed by atoms with Gasteiger partial charge in [-0.05, 0) is 30.2 Å². The number of nitroso groups, excluding NO2 is 1. The van der Waals surface area contributed by atoms with Crippen LogP contribution in [0.15, 0.2) is 35.5 Å². The van der Waals surface area contributed by atoms with Gasteiger partial charge in [-0.15, -0.1) is 4.91 Å². The molecule has 11 heteroatoms. The van der Waals surface area contributed by atoms with Crippen LogP contribution in [-0.2, 0) is 35.1 Å². The lowest BCUT2D eigenvalue weighted by Crippen LogP contribution is -2.54. The number of likely N-dealkylation sites (N-methyl/N-ethyl adjacent to an activating group) is 1. The maximum absolute atomic E-state index is 13.8. The quantitative estimate of drug-likeness (QED) is 0.262. The van der Waals surface area contributed by atoms with Crippen molar-refractivity contribution in [2.45, 2.75) is 103 Å². The van der Waals surface area contributed by atoms with Crippen molar-refractivity contribution in [3.8, 4) is 0 Å². The third-order valence-corrected chi connectivity index (χ3v) is 8.87. The summed E-state index contributed by atoms with van der Waals surface area (Å²) in [5.74, 6) is -1.96. The number of nitrogens with one attached hydrogen (secondary N) is 1. The van der Waals surface area contributed by atoms with Crippen LogP contribution in [0.4, 0.5) is 0 Å². The minimum absolute atomic E-state index is 0.0203. The Kier molecular flexibility index (Phi) is 15.1. The Morgan fingerprint density at radius 2 is 1.70 bits per heavy atom. The molecule has 0 spiro atoms. The van der Waals surface area contributed by atoms with E-state index in [1.54, 1.807) is 43.0 Å². The molecule has 1 saturated heterocycles. The zero-order valence-electron chi connectivity index (χ0n) is 27.7. The first-order valence-corrected chi connectivity index (χ1v) is 15.7. The van der Waals surface area contributed by atoms with Crippen molar-refractivity contribution >= 4 is 23.6 Å². The normalized spacial score (nSPS) is 19.0. The molecule has 0 aliphatic carbocycles. The molecule has 0 bridgehead atoms. The Hall–Kier alpha value is -3.18. The molecule has 1 aliphatic rings. The Labute approximate surface area is 262 Å². The van der Waals surface area contributed by atoms with Crippen LogP contribution in [0.25, 0.3) is 0 Å².